The Labute approximate surface area is 99.2 Å². The van der Waals surface area contributed by atoms with Crippen molar-refractivity contribution in [2.45, 2.75) is 19.8 Å². The molecule has 17 heavy (non-hydrogen) atoms. The Morgan fingerprint density at radius 2 is 1.94 bits per heavy atom. The van der Waals surface area contributed by atoms with Crippen molar-refractivity contribution in [2.24, 2.45) is 0 Å². The maximum absolute atomic E-state index is 11.2. The maximum Gasteiger partial charge on any atom is 0.295 e. The van der Waals surface area contributed by atoms with E-state index < -0.39 is 0 Å². The second-order valence-corrected chi connectivity index (χ2v) is 4.23. The van der Waals surface area contributed by atoms with Gasteiger partial charge in [0.25, 0.3) is 5.69 Å². The highest BCUT2D eigenvalue weighted by atomic mass is 16.6. The standard InChI is InChI=1S/C12H14N2O3/c1-9-3-2-4-11(12(9)14(16)17)13-7-5-10(15)6-8-13/h2-4H,5-8H2,1H3. The monoisotopic (exact) mass is 234 g/mol. The van der Waals surface area contributed by atoms with Gasteiger partial charge >= 0.3 is 0 Å². The average molecular weight is 234 g/mol. The van der Waals surface area contributed by atoms with Crippen LogP contribution in [0.5, 0.6) is 0 Å². The third-order valence-corrected chi connectivity index (χ3v) is 3.06. The van der Waals surface area contributed by atoms with E-state index in [1.54, 1.807) is 19.1 Å². The minimum atomic E-state index is -0.346. The van der Waals surface area contributed by atoms with Gasteiger partial charge in [0.2, 0.25) is 0 Å². The van der Waals surface area contributed by atoms with Crippen LogP contribution in [0.25, 0.3) is 0 Å². The van der Waals surface area contributed by atoms with Crippen LogP contribution in [-0.4, -0.2) is 23.8 Å². The maximum atomic E-state index is 11.2. The number of benzene rings is 1. The van der Waals surface area contributed by atoms with Crippen LogP contribution >= 0.6 is 0 Å². The molecular formula is C12H14N2O3. The van der Waals surface area contributed by atoms with E-state index >= 15 is 0 Å². The topological polar surface area (TPSA) is 63.5 Å². The predicted molar refractivity (Wildman–Crippen MR) is 64.3 cm³/mol. The van der Waals surface area contributed by atoms with Gasteiger partial charge in [-0.25, -0.2) is 0 Å². The van der Waals surface area contributed by atoms with Crippen molar-refractivity contribution in [1.29, 1.82) is 0 Å². The number of hydrogen-bond donors (Lipinski definition) is 0. The van der Waals surface area contributed by atoms with Crippen molar-refractivity contribution in [1.82, 2.24) is 0 Å². The third-order valence-electron chi connectivity index (χ3n) is 3.06. The molecular weight excluding hydrogens is 220 g/mol. The van der Waals surface area contributed by atoms with Crippen LogP contribution in [-0.2, 0) is 4.79 Å². The van der Waals surface area contributed by atoms with Crippen molar-refractivity contribution < 1.29 is 9.72 Å². The molecule has 0 unspecified atom stereocenters. The van der Waals surface area contributed by atoms with Crippen LogP contribution in [0.2, 0.25) is 0 Å². The van der Waals surface area contributed by atoms with E-state index in [0.717, 1.165) is 0 Å². The first-order valence-corrected chi connectivity index (χ1v) is 5.60. The summed E-state index contributed by atoms with van der Waals surface area (Å²) in [5.41, 5.74) is 1.44. The SMILES string of the molecule is Cc1cccc(N2CCC(=O)CC2)c1[N+](=O)[O-]. The van der Waals surface area contributed by atoms with Crippen LogP contribution in [0.4, 0.5) is 11.4 Å². The van der Waals surface area contributed by atoms with Crippen molar-refractivity contribution in [3.8, 4) is 0 Å². The number of piperidine rings is 1. The molecule has 5 heteroatoms. The molecule has 0 saturated carbocycles. The molecule has 0 atom stereocenters. The molecule has 1 saturated heterocycles. The van der Waals surface area contributed by atoms with Crippen LogP contribution in [0.1, 0.15) is 18.4 Å². The van der Waals surface area contributed by atoms with E-state index in [2.05, 4.69) is 0 Å². The number of nitro groups is 1. The summed E-state index contributed by atoms with van der Waals surface area (Å²) in [6, 6.07) is 5.30. The Kier molecular flexibility index (Phi) is 3.08. The molecule has 0 N–H and O–H groups in total. The van der Waals surface area contributed by atoms with Crippen molar-refractivity contribution in [2.75, 3.05) is 18.0 Å². The van der Waals surface area contributed by atoms with Gasteiger partial charge < -0.3 is 4.90 Å². The summed E-state index contributed by atoms with van der Waals surface area (Å²) in [6.45, 7) is 2.88. The van der Waals surface area contributed by atoms with Crippen LogP contribution in [0.3, 0.4) is 0 Å². The van der Waals surface area contributed by atoms with Gasteiger partial charge in [-0.3, -0.25) is 14.9 Å². The van der Waals surface area contributed by atoms with Gasteiger partial charge in [-0.2, -0.15) is 0 Å². The second kappa shape index (κ2) is 4.53. The fraction of sp³-hybridized carbons (Fsp3) is 0.417. The highest BCUT2D eigenvalue weighted by Gasteiger charge is 2.24. The molecule has 0 amide bonds. The molecule has 90 valence electrons. The van der Waals surface area contributed by atoms with Crippen molar-refractivity contribution in [3.63, 3.8) is 0 Å². The lowest BCUT2D eigenvalue weighted by molar-refractivity contribution is -0.384. The first-order chi connectivity index (χ1) is 8.09. The molecule has 2 rings (SSSR count). The molecule has 0 aliphatic carbocycles. The normalized spacial score (nSPS) is 16.1. The van der Waals surface area contributed by atoms with Gasteiger partial charge in [0.15, 0.2) is 0 Å². The lowest BCUT2D eigenvalue weighted by Gasteiger charge is -2.28. The van der Waals surface area contributed by atoms with Crippen LogP contribution in [0, 0.1) is 17.0 Å². The van der Waals surface area contributed by atoms with Crippen molar-refractivity contribution >= 4 is 17.2 Å². The van der Waals surface area contributed by atoms with Gasteiger partial charge in [0.05, 0.1) is 4.92 Å². The quantitative estimate of drug-likeness (QED) is 0.580. The smallest absolute Gasteiger partial charge is 0.295 e. The zero-order valence-corrected chi connectivity index (χ0v) is 9.68. The molecule has 1 aromatic carbocycles. The number of carbonyl (C=O) groups excluding carboxylic acids is 1. The van der Waals surface area contributed by atoms with Crippen LogP contribution < -0.4 is 4.90 Å². The van der Waals surface area contributed by atoms with Gasteiger partial charge in [0.1, 0.15) is 11.5 Å². The summed E-state index contributed by atoms with van der Waals surface area (Å²) in [5, 5.41) is 11.1. The van der Waals surface area contributed by atoms with Gasteiger partial charge in [-0.1, -0.05) is 12.1 Å². The molecule has 1 aromatic rings. The van der Waals surface area contributed by atoms with Gasteiger partial charge in [-0.15, -0.1) is 0 Å². The first-order valence-electron chi connectivity index (χ1n) is 5.60. The van der Waals surface area contributed by atoms with E-state index in [0.29, 0.717) is 37.2 Å². The number of nitro benzene ring substituents is 1. The number of para-hydroxylation sites is 1. The number of rotatable bonds is 2. The third kappa shape index (κ3) is 2.27. The lowest BCUT2D eigenvalue weighted by atomic mass is 10.1. The molecule has 5 nitrogen and oxygen atoms in total. The number of anilines is 1. The summed E-state index contributed by atoms with van der Waals surface area (Å²) < 4.78 is 0. The predicted octanol–water partition coefficient (Wildman–Crippen LogP) is 2.07. The first kappa shape index (κ1) is 11.6. The molecule has 1 heterocycles. The van der Waals surface area contributed by atoms with E-state index in [1.165, 1.54) is 0 Å². The zero-order valence-electron chi connectivity index (χ0n) is 9.68. The summed E-state index contributed by atoms with van der Waals surface area (Å²) in [5.74, 6) is 0.233. The fourth-order valence-corrected chi connectivity index (χ4v) is 2.13. The Morgan fingerprint density at radius 1 is 1.29 bits per heavy atom. The Balaban J connectivity index is 2.35. The highest BCUT2D eigenvalue weighted by molar-refractivity contribution is 5.81. The van der Waals surface area contributed by atoms with E-state index in [1.807, 2.05) is 11.0 Å². The number of Topliss-reactive ketones (excluding diaryl/α,β-unsaturated/α-hetero) is 1. The highest BCUT2D eigenvalue weighted by Crippen LogP contribution is 2.32. The molecule has 0 radical (unpaired) electrons. The minimum absolute atomic E-state index is 0.154. The summed E-state index contributed by atoms with van der Waals surface area (Å²) in [4.78, 5) is 23.8. The van der Waals surface area contributed by atoms with E-state index in [9.17, 15) is 14.9 Å². The zero-order chi connectivity index (χ0) is 12.4. The molecule has 1 fully saturated rings. The largest absolute Gasteiger partial charge is 0.365 e. The molecule has 1 aliphatic rings. The lowest BCUT2D eigenvalue weighted by Crippen LogP contribution is -2.34. The van der Waals surface area contributed by atoms with Gasteiger partial charge in [-0.05, 0) is 13.0 Å². The molecule has 0 aromatic heterocycles. The van der Waals surface area contributed by atoms with E-state index in [-0.39, 0.29) is 16.4 Å². The molecule has 0 bridgehead atoms. The summed E-state index contributed by atoms with van der Waals surface area (Å²) in [6.07, 6.45) is 0.955. The van der Waals surface area contributed by atoms with Crippen molar-refractivity contribution in [3.05, 3.63) is 33.9 Å². The Hall–Kier alpha value is -1.91. The molecule has 0 spiro atoms. The Morgan fingerprint density at radius 3 is 2.53 bits per heavy atom. The summed E-state index contributed by atoms with van der Waals surface area (Å²) in [7, 11) is 0. The number of ketones is 1. The Bertz CT molecular complexity index is 461. The number of carbonyl (C=O) groups is 1. The second-order valence-electron chi connectivity index (χ2n) is 4.23. The van der Waals surface area contributed by atoms with Gasteiger partial charge in [0, 0.05) is 31.5 Å². The minimum Gasteiger partial charge on any atom is -0.365 e. The number of nitrogens with zero attached hydrogens (tertiary/aromatic N) is 2. The number of aryl methyl sites for hydroxylation is 1. The molecule has 1 aliphatic heterocycles. The summed E-state index contributed by atoms with van der Waals surface area (Å²) >= 11 is 0. The average Bonchev–Trinajstić information content (AvgIpc) is 2.29. The fourth-order valence-electron chi connectivity index (χ4n) is 2.13. The van der Waals surface area contributed by atoms with Crippen LogP contribution in [0.15, 0.2) is 18.2 Å². The number of hydrogen-bond acceptors (Lipinski definition) is 4. The van der Waals surface area contributed by atoms with E-state index in [4.69, 9.17) is 0 Å².